The summed E-state index contributed by atoms with van der Waals surface area (Å²) >= 11 is 0. The summed E-state index contributed by atoms with van der Waals surface area (Å²) in [5.41, 5.74) is 1.70. The lowest BCUT2D eigenvalue weighted by Crippen LogP contribution is -2.29. The average Bonchev–Trinajstić information content (AvgIpc) is 3.34. The van der Waals surface area contributed by atoms with E-state index in [1.54, 1.807) is 30.5 Å². The Bertz CT molecular complexity index is 1150. The van der Waals surface area contributed by atoms with Gasteiger partial charge in [-0.1, -0.05) is 0 Å². The standard InChI is InChI=1S/C22H25N3O4S/c1-16(2)29-19-5-7-20(8-6-19)30(27,28)24-12-9-18(15-24)25-14-17(10-13-26)21-4-3-11-23-22(21)25/h3-8,11,13-14,16,18H,9-10,12,15H2,1-2H3/t18-/m0/s1. The molecule has 0 unspecified atom stereocenters. The minimum Gasteiger partial charge on any atom is -0.491 e. The molecule has 1 saturated heterocycles. The van der Waals surface area contributed by atoms with E-state index in [-0.39, 0.29) is 17.0 Å². The fraction of sp³-hybridized carbons (Fsp3) is 0.364. The van der Waals surface area contributed by atoms with Crippen molar-refractivity contribution in [2.75, 3.05) is 13.1 Å². The number of hydrogen-bond acceptors (Lipinski definition) is 5. The quantitative estimate of drug-likeness (QED) is 0.541. The van der Waals surface area contributed by atoms with Crippen LogP contribution in [0.4, 0.5) is 0 Å². The van der Waals surface area contributed by atoms with Crippen LogP contribution in [0.5, 0.6) is 5.75 Å². The second-order valence-electron chi connectivity index (χ2n) is 7.75. The molecule has 0 radical (unpaired) electrons. The van der Waals surface area contributed by atoms with Crippen LogP contribution in [0.3, 0.4) is 0 Å². The van der Waals surface area contributed by atoms with Gasteiger partial charge in [0, 0.05) is 37.3 Å². The van der Waals surface area contributed by atoms with Gasteiger partial charge in [0.1, 0.15) is 17.7 Å². The molecule has 1 aromatic carbocycles. The number of carbonyl (C=O) groups is 1. The van der Waals surface area contributed by atoms with Crippen molar-refractivity contribution < 1.29 is 17.9 Å². The van der Waals surface area contributed by atoms with Gasteiger partial charge >= 0.3 is 0 Å². The molecule has 1 aliphatic rings. The van der Waals surface area contributed by atoms with Crippen molar-refractivity contribution in [3.8, 4) is 5.75 Å². The number of pyridine rings is 1. The third-order valence-corrected chi connectivity index (χ3v) is 7.21. The Kier molecular flexibility index (Phi) is 5.62. The molecule has 0 N–H and O–H groups in total. The van der Waals surface area contributed by atoms with E-state index < -0.39 is 10.0 Å². The lowest BCUT2D eigenvalue weighted by atomic mass is 10.2. The fourth-order valence-corrected chi connectivity index (χ4v) is 5.44. The van der Waals surface area contributed by atoms with Crippen molar-refractivity contribution in [1.82, 2.24) is 13.9 Å². The van der Waals surface area contributed by atoms with Gasteiger partial charge in [-0.3, -0.25) is 0 Å². The summed E-state index contributed by atoms with van der Waals surface area (Å²) in [5, 5.41) is 0.937. The van der Waals surface area contributed by atoms with Gasteiger partial charge in [-0.15, -0.1) is 0 Å². The summed E-state index contributed by atoms with van der Waals surface area (Å²) in [7, 11) is -3.59. The Morgan fingerprint density at radius 1 is 1.23 bits per heavy atom. The SMILES string of the molecule is CC(C)Oc1ccc(S(=O)(=O)N2CC[C@H](n3cc(CC=O)c4cccnc43)C2)cc1. The van der Waals surface area contributed by atoms with Crippen molar-refractivity contribution in [3.63, 3.8) is 0 Å². The van der Waals surface area contributed by atoms with E-state index in [1.807, 2.05) is 36.7 Å². The van der Waals surface area contributed by atoms with Crippen molar-refractivity contribution >= 4 is 27.3 Å². The van der Waals surface area contributed by atoms with E-state index in [2.05, 4.69) is 4.98 Å². The van der Waals surface area contributed by atoms with E-state index in [9.17, 15) is 13.2 Å². The lowest BCUT2D eigenvalue weighted by Gasteiger charge is -2.18. The summed E-state index contributed by atoms with van der Waals surface area (Å²) in [6.07, 6.45) is 5.56. The normalized spacial score (nSPS) is 17.6. The minimum atomic E-state index is -3.59. The first-order valence-corrected chi connectivity index (χ1v) is 11.5. The van der Waals surface area contributed by atoms with Crippen molar-refractivity contribution in [1.29, 1.82) is 0 Å². The number of aromatic nitrogens is 2. The lowest BCUT2D eigenvalue weighted by molar-refractivity contribution is -0.107. The van der Waals surface area contributed by atoms with Gasteiger partial charge in [-0.2, -0.15) is 4.31 Å². The molecule has 8 heteroatoms. The first-order chi connectivity index (χ1) is 14.4. The molecule has 158 valence electrons. The highest BCUT2D eigenvalue weighted by Crippen LogP contribution is 2.32. The van der Waals surface area contributed by atoms with Crippen LogP contribution < -0.4 is 4.74 Å². The zero-order valence-corrected chi connectivity index (χ0v) is 17.9. The second-order valence-corrected chi connectivity index (χ2v) is 9.69. The van der Waals surface area contributed by atoms with Crippen LogP contribution >= 0.6 is 0 Å². The van der Waals surface area contributed by atoms with Gasteiger partial charge in [0.2, 0.25) is 10.0 Å². The van der Waals surface area contributed by atoms with Crippen LogP contribution in [0.15, 0.2) is 53.7 Å². The molecule has 4 rings (SSSR count). The van der Waals surface area contributed by atoms with Crippen LogP contribution in [0.1, 0.15) is 31.9 Å². The summed E-state index contributed by atoms with van der Waals surface area (Å²) in [4.78, 5) is 15.8. The summed E-state index contributed by atoms with van der Waals surface area (Å²) in [5.74, 6) is 0.649. The zero-order valence-electron chi connectivity index (χ0n) is 17.1. The van der Waals surface area contributed by atoms with Gasteiger partial charge in [0.05, 0.1) is 17.0 Å². The van der Waals surface area contributed by atoms with Crippen LogP contribution in [-0.2, 0) is 21.2 Å². The Morgan fingerprint density at radius 2 is 2.00 bits per heavy atom. The van der Waals surface area contributed by atoms with Crippen LogP contribution in [0, 0.1) is 0 Å². The predicted molar refractivity (Wildman–Crippen MR) is 114 cm³/mol. The van der Waals surface area contributed by atoms with Gasteiger partial charge < -0.3 is 14.1 Å². The summed E-state index contributed by atoms with van der Waals surface area (Å²) in [6, 6.07) is 10.3. The molecule has 1 atom stereocenters. The molecule has 0 spiro atoms. The number of ether oxygens (including phenoxy) is 1. The Balaban J connectivity index is 1.57. The maximum absolute atomic E-state index is 13.1. The third kappa shape index (κ3) is 3.85. The smallest absolute Gasteiger partial charge is 0.243 e. The summed E-state index contributed by atoms with van der Waals surface area (Å²) < 4.78 is 35.4. The molecule has 0 amide bonds. The molecule has 2 aromatic heterocycles. The molecule has 7 nitrogen and oxygen atoms in total. The van der Waals surface area contributed by atoms with E-state index in [4.69, 9.17) is 4.74 Å². The van der Waals surface area contributed by atoms with Gasteiger partial charge in [0.15, 0.2) is 0 Å². The largest absolute Gasteiger partial charge is 0.491 e. The van der Waals surface area contributed by atoms with Gasteiger partial charge in [0.25, 0.3) is 0 Å². The van der Waals surface area contributed by atoms with E-state index in [0.29, 0.717) is 31.7 Å². The highest BCUT2D eigenvalue weighted by molar-refractivity contribution is 7.89. The van der Waals surface area contributed by atoms with Gasteiger partial charge in [-0.25, -0.2) is 13.4 Å². The molecule has 3 aromatic rings. The van der Waals surface area contributed by atoms with E-state index in [1.165, 1.54) is 4.31 Å². The number of rotatable bonds is 7. The zero-order chi connectivity index (χ0) is 21.3. The number of carbonyl (C=O) groups excluding carboxylic acids is 1. The number of sulfonamides is 1. The maximum atomic E-state index is 13.1. The molecule has 1 fully saturated rings. The molecule has 30 heavy (non-hydrogen) atoms. The van der Waals surface area contributed by atoms with Crippen molar-refractivity contribution in [3.05, 3.63) is 54.4 Å². The average molecular weight is 428 g/mol. The topological polar surface area (TPSA) is 81.5 Å². The van der Waals surface area contributed by atoms with Crippen LogP contribution in [-0.4, -0.2) is 47.8 Å². The Morgan fingerprint density at radius 3 is 2.70 bits per heavy atom. The second kappa shape index (κ2) is 8.20. The number of aldehydes is 1. The molecule has 3 heterocycles. The highest BCUT2D eigenvalue weighted by atomic mass is 32.2. The number of hydrogen-bond donors (Lipinski definition) is 0. The number of nitrogens with zero attached hydrogens (tertiary/aromatic N) is 3. The van der Waals surface area contributed by atoms with Crippen LogP contribution in [0.25, 0.3) is 11.0 Å². The molecule has 0 bridgehead atoms. The highest BCUT2D eigenvalue weighted by Gasteiger charge is 2.34. The third-order valence-electron chi connectivity index (χ3n) is 5.33. The molecular weight excluding hydrogens is 402 g/mol. The van der Waals surface area contributed by atoms with Crippen LogP contribution in [0.2, 0.25) is 0 Å². The van der Waals surface area contributed by atoms with Crippen molar-refractivity contribution in [2.24, 2.45) is 0 Å². The molecular formula is C22H25N3O4S. The summed E-state index contributed by atoms with van der Waals surface area (Å²) in [6.45, 7) is 4.66. The Hall–Kier alpha value is -2.71. The van der Waals surface area contributed by atoms with E-state index >= 15 is 0 Å². The molecule has 1 aliphatic heterocycles. The number of benzene rings is 1. The van der Waals surface area contributed by atoms with Crippen molar-refractivity contribution in [2.45, 2.75) is 43.7 Å². The van der Waals surface area contributed by atoms with Gasteiger partial charge in [-0.05, 0) is 62.2 Å². The monoisotopic (exact) mass is 427 g/mol. The minimum absolute atomic E-state index is 0.0267. The van der Waals surface area contributed by atoms with E-state index in [0.717, 1.165) is 22.9 Å². The first-order valence-electron chi connectivity index (χ1n) is 10.0. The molecule has 0 aliphatic carbocycles. The Labute approximate surface area is 176 Å². The number of fused-ring (bicyclic) bond motifs is 1. The maximum Gasteiger partial charge on any atom is 0.243 e. The first kappa shape index (κ1) is 20.6. The molecule has 0 saturated carbocycles. The predicted octanol–water partition coefficient (Wildman–Crippen LogP) is 3.20. The fourth-order valence-electron chi connectivity index (χ4n) is 3.95.